The summed E-state index contributed by atoms with van der Waals surface area (Å²) in [5.74, 6) is -0.296. The van der Waals surface area contributed by atoms with E-state index in [0.717, 1.165) is 11.1 Å². The Morgan fingerprint density at radius 1 is 1.06 bits per heavy atom. The molecule has 0 saturated heterocycles. The third-order valence-corrected chi connectivity index (χ3v) is 5.94. The van der Waals surface area contributed by atoms with Crippen molar-refractivity contribution in [2.24, 2.45) is 5.92 Å². The number of aliphatic hydroxyl groups excluding tert-OH is 3. The minimum absolute atomic E-state index is 0.133. The number of hydrogen-bond donors (Lipinski definition) is 5. The average molecular weight is 481 g/mol. The second-order valence-electron chi connectivity index (χ2n) is 8.61. The molecule has 0 unspecified atom stereocenters. The lowest BCUT2D eigenvalue weighted by Crippen LogP contribution is -2.36. The van der Waals surface area contributed by atoms with Crippen LogP contribution in [0.5, 0.6) is 0 Å². The summed E-state index contributed by atoms with van der Waals surface area (Å²) >= 11 is 0. The van der Waals surface area contributed by atoms with Gasteiger partial charge in [0.25, 0.3) is 0 Å². The molecule has 12 heteroatoms. The van der Waals surface area contributed by atoms with Crippen molar-refractivity contribution in [2.45, 2.75) is 51.6 Å². The van der Waals surface area contributed by atoms with Crippen molar-refractivity contribution in [3.63, 3.8) is 0 Å². The molecule has 4 rings (SSSR count). The van der Waals surface area contributed by atoms with E-state index in [9.17, 15) is 28.5 Å². The van der Waals surface area contributed by atoms with Gasteiger partial charge in [-0.05, 0) is 39.3 Å². The quantitative estimate of drug-likeness (QED) is 0.360. The van der Waals surface area contributed by atoms with E-state index in [1.54, 1.807) is 19.9 Å². The zero-order chi connectivity index (χ0) is 24.8. The maximum Gasteiger partial charge on any atom is 0.405 e. The van der Waals surface area contributed by atoms with Crippen molar-refractivity contribution in [2.75, 3.05) is 23.8 Å². The first-order valence-electron chi connectivity index (χ1n) is 10.8. The zero-order valence-corrected chi connectivity index (χ0v) is 18.8. The Hall–Kier alpha value is -2.96. The summed E-state index contributed by atoms with van der Waals surface area (Å²) in [5, 5.41) is 36.1. The standard InChI is InChI=1S/C22H26F3N5O4/c1-9-4-12-6-15(34-19(12)11(3)27-9)16-10(2)28-21(26-8-22(23,24)25)30-20(16)29-14-5-13(7-31)17(32)18(14)33/h4,6,13-14,17-18,31-33H,5,7-8H2,1-3H3,(H2,26,28,29,30)/t13-,14-,17-,18+/m1/s1. The first kappa shape index (κ1) is 24.2. The van der Waals surface area contributed by atoms with Crippen LogP contribution in [0.2, 0.25) is 0 Å². The van der Waals surface area contributed by atoms with E-state index >= 15 is 0 Å². The molecule has 0 radical (unpaired) electrons. The molecule has 184 valence electrons. The van der Waals surface area contributed by atoms with E-state index < -0.39 is 36.9 Å². The van der Waals surface area contributed by atoms with Crippen LogP contribution in [0.3, 0.4) is 0 Å². The van der Waals surface area contributed by atoms with Crippen LogP contribution in [-0.2, 0) is 0 Å². The van der Waals surface area contributed by atoms with E-state index in [2.05, 4.69) is 25.6 Å². The normalized spacial score (nSPS) is 23.0. The fraction of sp³-hybridized carbons (Fsp3) is 0.500. The molecular formula is C22H26F3N5O4. The number of aryl methyl sites for hydroxylation is 3. The van der Waals surface area contributed by atoms with Crippen LogP contribution in [0.15, 0.2) is 16.5 Å². The molecule has 0 spiro atoms. The first-order chi connectivity index (χ1) is 16.0. The van der Waals surface area contributed by atoms with E-state index in [4.69, 9.17) is 4.42 Å². The molecule has 1 aliphatic rings. The topological polar surface area (TPSA) is 137 Å². The van der Waals surface area contributed by atoms with Gasteiger partial charge in [0.1, 0.15) is 24.2 Å². The minimum Gasteiger partial charge on any atom is -0.454 e. The monoisotopic (exact) mass is 481 g/mol. The van der Waals surface area contributed by atoms with Crippen molar-refractivity contribution in [1.29, 1.82) is 0 Å². The van der Waals surface area contributed by atoms with Gasteiger partial charge >= 0.3 is 6.18 Å². The highest BCUT2D eigenvalue weighted by Gasteiger charge is 2.41. The molecule has 0 aliphatic heterocycles. The third kappa shape index (κ3) is 4.79. The average Bonchev–Trinajstić information content (AvgIpc) is 3.28. The highest BCUT2D eigenvalue weighted by atomic mass is 19.4. The first-order valence-corrected chi connectivity index (χ1v) is 10.8. The van der Waals surface area contributed by atoms with E-state index in [1.807, 2.05) is 13.0 Å². The van der Waals surface area contributed by atoms with Crippen LogP contribution in [0.1, 0.15) is 23.5 Å². The largest absolute Gasteiger partial charge is 0.454 e. The van der Waals surface area contributed by atoms with Crippen LogP contribution < -0.4 is 10.6 Å². The van der Waals surface area contributed by atoms with Crippen LogP contribution in [-0.4, -0.2) is 67.8 Å². The van der Waals surface area contributed by atoms with E-state index in [-0.39, 0.29) is 24.8 Å². The Morgan fingerprint density at radius 2 is 1.79 bits per heavy atom. The fourth-order valence-electron chi connectivity index (χ4n) is 4.35. The van der Waals surface area contributed by atoms with Gasteiger partial charge in [-0.1, -0.05) is 0 Å². The van der Waals surface area contributed by atoms with Crippen LogP contribution in [0, 0.1) is 26.7 Å². The van der Waals surface area contributed by atoms with Crippen molar-refractivity contribution in [1.82, 2.24) is 15.0 Å². The number of nitrogens with one attached hydrogen (secondary N) is 2. The van der Waals surface area contributed by atoms with E-state index in [1.165, 1.54) is 0 Å². The third-order valence-electron chi connectivity index (χ3n) is 5.94. The summed E-state index contributed by atoms with van der Waals surface area (Å²) < 4.78 is 44.3. The summed E-state index contributed by atoms with van der Waals surface area (Å²) in [6.45, 7) is 3.63. The number of alkyl halides is 3. The molecule has 0 bridgehead atoms. The Bertz CT molecular complexity index is 1200. The van der Waals surface area contributed by atoms with Gasteiger partial charge in [0.15, 0.2) is 5.58 Å². The maximum absolute atomic E-state index is 12.7. The lowest BCUT2D eigenvalue weighted by atomic mass is 10.1. The molecule has 4 atom stereocenters. The molecule has 9 nitrogen and oxygen atoms in total. The number of anilines is 2. The number of halogens is 3. The van der Waals surface area contributed by atoms with Crippen molar-refractivity contribution < 1.29 is 32.9 Å². The Morgan fingerprint density at radius 3 is 2.44 bits per heavy atom. The molecule has 34 heavy (non-hydrogen) atoms. The smallest absolute Gasteiger partial charge is 0.405 e. The van der Waals surface area contributed by atoms with Gasteiger partial charge in [0, 0.05) is 23.6 Å². The number of aromatic nitrogens is 3. The summed E-state index contributed by atoms with van der Waals surface area (Å²) in [4.78, 5) is 12.8. The highest BCUT2D eigenvalue weighted by molar-refractivity contribution is 5.87. The molecule has 1 fully saturated rings. The molecule has 3 aromatic rings. The lowest BCUT2D eigenvalue weighted by Gasteiger charge is -2.21. The van der Waals surface area contributed by atoms with Crippen molar-refractivity contribution in [3.8, 4) is 11.3 Å². The summed E-state index contributed by atoms with van der Waals surface area (Å²) in [5.41, 5.74) is 2.78. The zero-order valence-electron chi connectivity index (χ0n) is 18.8. The molecule has 5 N–H and O–H groups in total. The van der Waals surface area contributed by atoms with Crippen LogP contribution in [0.25, 0.3) is 22.3 Å². The minimum atomic E-state index is -4.47. The van der Waals surface area contributed by atoms with Crippen LogP contribution in [0.4, 0.5) is 24.9 Å². The lowest BCUT2D eigenvalue weighted by molar-refractivity contribution is -0.115. The van der Waals surface area contributed by atoms with Gasteiger partial charge in [0.05, 0.1) is 29.1 Å². The fourth-order valence-corrected chi connectivity index (χ4v) is 4.35. The van der Waals surface area contributed by atoms with Gasteiger partial charge in [-0.25, -0.2) is 4.98 Å². The number of hydrogen-bond acceptors (Lipinski definition) is 9. The Balaban J connectivity index is 1.78. The molecule has 0 aromatic carbocycles. The van der Waals surface area contributed by atoms with Gasteiger partial charge in [-0.3, -0.25) is 4.98 Å². The maximum atomic E-state index is 12.7. The molecule has 1 aliphatic carbocycles. The van der Waals surface area contributed by atoms with Crippen LogP contribution >= 0.6 is 0 Å². The molecule has 3 heterocycles. The number of rotatable bonds is 6. The second kappa shape index (κ2) is 9.01. The molecule has 3 aromatic heterocycles. The number of pyridine rings is 1. The highest BCUT2D eigenvalue weighted by Crippen LogP contribution is 2.37. The van der Waals surface area contributed by atoms with Crippen molar-refractivity contribution in [3.05, 3.63) is 29.2 Å². The Labute approximate surface area is 193 Å². The SMILES string of the molecule is Cc1cc2cc(-c3c(C)nc(NCC(F)(F)F)nc3N[C@@H]3C[C@H](CO)[C@@H](O)[C@H]3O)oc2c(C)n1. The number of aliphatic hydroxyl groups is 3. The van der Waals surface area contributed by atoms with E-state index in [0.29, 0.717) is 28.3 Å². The van der Waals surface area contributed by atoms with Gasteiger partial charge < -0.3 is 30.4 Å². The second-order valence-corrected chi connectivity index (χ2v) is 8.61. The predicted molar refractivity (Wildman–Crippen MR) is 118 cm³/mol. The summed E-state index contributed by atoms with van der Waals surface area (Å²) in [7, 11) is 0. The molecule has 1 saturated carbocycles. The number of fused-ring (bicyclic) bond motifs is 1. The predicted octanol–water partition coefficient (Wildman–Crippen LogP) is 2.70. The van der Waals surface area contributed by atoms with Gasteiger partial charge in [0.2, 0.25) is 5.95 Å². The number of nitrogens with zero attached hydrogens (tertiary/aromatic N) is 3. The number of furan rings is 1. The Kier molecular flexibility index (Phi) is 6.40. The van der Waals surface area contributed by atoms with Gasteiger partial charge in [-0.15, -0.1) is 0 Å². The summed E-state index contributed by atoms with van der Waals surface area (Å²) in [6, 6.07) is 2.92. The van der Waals surface area contributed by atoms with Gasteiger partial charge in [-0.2, -0.15) is 18.2 Å². The molecule has 0 amide bonds. The summed E-state index contributed by atoms with van der Waals surface area (Å²) in [6.07, 6.45) is -6.60. The van der Waals surface area contributed by atoms with Crippen molar-refractivity contribution >= 4 is 22.7 Å². The molecular weight excluding hydrogens is 455 g/mol.